The quantitative estimate of drug-likeness (QED) is 0.133. The summed E-state index contributed by atoms with van der Waals surface area (Å²) in [5, 5.41) is 19.2. The van der Waals surface area contributed by atoms with Crippen molar-refractivity contribution in [1.82, 2.24) is 10.9 Å². The molecule has 0 saturated carbocycles. The number of hydrogen-bond donors (Lipinski definition) is 5. The second-order valence-corrected chi connectivity index (χ2v) is 11.0. The highest BCUT2D eigenvalue weighted by atomic mass is 32.2. The molecule has 1 unspecified atom stereocenters. The monoisotopic (exact) mass is 469 g/mol. The third kappa shape index (κ3) is 6.86. The smallest absolute Gasteiger partial charge is 0.249 e. The van der Waals surface area contributed by atoms with E-state index in [0.29, 0.717) is 5.56 Å². The van der Waals surface area contributed by atoms with E-state index in [1.807, 2.05) is 19.3 Å². The number of amides is 2. The van der Waals surface area contributed by atoms with E-state index in [1.54, 1.807) is 48.8 Å². The van der Waals surface area contributed by atoms with Gasteiger partial charge in [-0.15, -0.1) is 0 Å². The van der Waals surface area contributed by atoms with Gasteiger partial charge in [-0.05, 0) is 30.2 Å². The Morgan fingerprint density at radius 3 is 2.19 bits per heavy atom. The largest absolute Gasteiger partial charge is 0.396 e. The van der Waals surface area contributed by atoms with Crippen LogP contribution in [-0.2, 0) is 19.4 Å². The van der Waals surface area contributed by atoms with E-state index in [2.05, 4.69) is 0 Å². The van der Waals surface area contributed by atoms with Gasteiger partial charge in [0.1, 0.15) is 4.75 Å². The fourth-order valence-electron chi connectivity index (χ4n) is 4.04. The van der Waals surface area contributed by atoms with E-state index < -0.39 is 44.2 Å². The molecule has 0 spiro atoms. The van der Waals surface area contributed by atoms with Crippen molar-refractivity contribution in [3.8, 4) is 0 Å². The molecule has 4 atom stereocenters. The Morgan fingerprint density at radius 1 is 1.16 bits per heavy atom. The summed E-state index contributed by atoms with van der Waals surface area (Å²) in [6.45, 7) is 4.96. The molecular formula is C22H35N3O6S. The van der Waals surface area contributed by atoms with E-state index in [0.717, 1.165) is 6.26 Å². The number of nitrogens with two attached hydrogens (primary N) is 1. The van der Waals surface area contributed by atoms with Crippen LogP contribution >= 0.6 is 0 Å². The summed E-state index contributed by atoms with van der Waals surface area (Å²) in [6.07, 6.45) is 3.93. The molecule has 1 aromatic carbocycles. The molecule has 0 bridgehead atoms. The molecule has 32 heavy (non-hydrogen) atoms. The van der Waals surface area contributed by atoms with Crippen LogP contribution in [0.15, 0.2) is 36.4 Å². The maximum Gasteiger partial charge on any atom is 0.249 e. The lowest BCUT2D eigenvalue weighted by Gasteiger charge is -2.41. The van der Waals surface area contributed by atoms with E-state index >= 15 is 0 Å². The van der Waals surface area contributed by atoms with E-state index in [4.69, 9.17) is 5.84 Å². The highest BCUT2D eigenvalue weighted by Gasteiger charge is 2.54. The summed E-state index contributed by atoms with van der Waals surface area (Å²) in [7, 11) is -4.07. The van der Waals surface area contributed by atoms with Gasteiger partial charge in [0.2, 0.25) is 11.8 Å². The van der Waals surface area contributed by atoms with Crippen LogP contribution in [0.2, 0.25) is 0 Å². The molecule has 1 aromatic rings. The molecule has 0 heterocycles. The molecule has 180 valence electrons. The number of hydroxylamine groups is 1. The standard InChI is InChI=1S/C22H35N3O6S/c1-15(2)12-18(20(27)24-23)19(21(28)25-29)22(32(4,30)31,13-16(3)14-26)11-10-17-8-6-5-7-9-17/h5-11,15-16,18-19,26,29H,12-14,23H2,1-4H3,(H,24,27)(H,25,28)/b11-10+/t16-,18+,19-,22?/m0/s1. The Morgan fingerprint density at radius 2 is 1.75 bits per heavy atom. The number of rotatable bonds is 12. The average Bonchev–Trinajstić information content (AvgIpc) is 2.75. The van der Waals surface area contributed by atoms with Crippen molar-refractivity contribution >= 4 is 27.7 Å². The van der Waals surface area contributed by atoms with Crippen LogP contribution in [0, 0.1) is 23.7 Å². The second kappa shape index (κ2) is 12.1. The number of sulfone groups is 1. The first-order valence-corrected chi connectivity index (χ1v) is 12.3. The number of carbonyl (C=O) groups excluding carboxylic acids is 2. The maximum atomic E-state index is 13.3. The minimum atomic E-state index is -4.07. The lowest BCUT2D eigenvalue weighted by atomic mass is 9.72. The molecule has 0 aliphatic heterocycles. The molecule has 6 N–H and O–H groups in total. The summed E-state index contributed by atoms with van der Waals surface area (Å²) >= 11 is 0. The molecule has 0 fully saturated rings. The van der Waals surface area contributed by atoms with Crippen LogP contribution in [0.25, 0.3) is 6.08 Å². The Labute approximate surface area is 189 Å². The lowest BCUT2D eigenvalue weighted by molar-refractivity contribution is -0.142. The minimum Gasteiger partial charge on any atom is -0.396 e. The molecule has 0 aliphatic rings. The van der Waals surface area contributed by atoms with Gasteiger partial charge in [0, 0.05) is 12.9 Å². The molecular weight excluding hydrogens is 434 g/mol. The van der Waals surface area contributed by atoms with E-state index in [1.165, 1.54) is 6.08 Å². The number of carbonyl (C=O) groups is 2. The number of nitrogens with one attached hydrogen (secondary N) is 2. The van der Waals surface area contributed by atoms with Gasteiger partial charge in [-0.1, -0.05) is 63.3 Å². The van der Waals surface area contributed by atoms with Crippen LogP contribution in [0.5, 0.6) is 0 Å². The van der Waals surface area contributed by atoms with Crippen molar-refractivity contribution in [2.45, 2.75) is 38.4 Å². The number of benzene rings is 1. The van der Waals surface area contributed by atoms with Gasteiger partial charge in [-0.3, -0.25) is 20.2 Å². The van der Waals surface area contributed by atoms with Gasteiger partial charge in [0.25, 0.3) is 0 Å². The van der Waals surface area contributed by atoms with Crippen molar-refractivity contribution in [1.29, 1.82) is 0 Å². The van der Waals surface area contributed by atoms with Gasteiger partial charge < -0.3 is 5.11 Å². The fourth-order valence-corrected chi connectivity index (χ4v) is 5.67. The Balaban J connectivity index is 3.91. The summed E-state index contributed by atoms with van der Waals surface area (Å²) in [4.78, 5) is 25.7. The summed E-state index contributed by atoms with van der Waals surface area (Å²) < 4.78 is 24.8. The van der Waals surface area contributed by atoms with Crippen LogP contribution in [-0.4, -0.2) is 48.2 Å². The molecule has 1 rings (SSSR count). The zero-order valence-corrected chi connectivity index (χ0v) is 19.8. The molecule has 0 aromatic heterocycles. The van der Waals surface area contributed by atoms with Gasteiger partial charge >= 0.3 is 0 Å². The third-order valence-corrected chi connectivity index (χ3v) is 7.49. The lowest BCUT2D eigenvalue weighted by Crippen LogP contribution is -2.57. The van der Waals surface area contributed by atoms with Crippen molar-refractivity contribution in [2.24, 2.45) is 29.5 Å². The number of hydrogen-bond acceptors (Lipinski definition) is 7. The van der Waals surface area contributed by atoms with Crippen molar-refractivity contribution in [3.63, 3.8) is 0 Å². The highest BCUT2D eigenvalue weighted by molar-refractivity contribution is 7.92. The summed E-state index contributed by atoms with van der Waals surface area (Å²) in [6, 6.07) is 8.89. The van der Waals surface area contributed by atoms with Crippen LogP contribution in [0.1, 0.15) is 39.2 Å². The van der Waals surface area contributed by atoms with Crippen molar-refractivity contribution in [2.75, 3.05) is 12.9 Å². The van der Waals surface area contributed by atoms with Crippen LogP contribution in [0.3, 0.4) is 0 Å². The molecule has 0 radical (unpaired) electrons. The van der Waals surface area contributed by atoms with Crippen LogP contribution < -0.4 is 16.7 Å². The van der Waals surface area contributed by atoms with Crippen molar-refractivity contribution in [3.05, 3.63) is 42.0 Å². The van der Waals surface area contributed by atoms with Crippen LogP contribution in [0.4, 0.5) is 0 Å². The highest BCUT2D eigenvalue weighted by Crippen LogP contribution is 2.42. The SMILES string of the molecule is CC(C)C[C@@H](C(=O)NN)[C@@H](C(=O)NO)C(/C=C/c1ccccc1)(C[C@H](C)CO)S(C)(=O)=O. The van der Waals surface area contributed by atoms with E-state index in [-0.39, 0.29) is 25.4 Å². The third-order valence-electron chi connectivity index (χ3n) is 5.55. The first kappa shape index (κ1) is 27.8. The maximum absolute atomic E-state index is 13.3. The number of hydrazine groups is 1. The number of aliphatic hydroxyl groups excluding tert-OH is 1. The summed E-state index contributed by atoms with van der Waals surface area (Å²) in [5.74, 6) is 0.348. The average molecular weight is 470 g/mol. The topological polar surface area (TPSA) is 159 Å². The second-order valence-electron chi connectivity index (χ2n) is 8.66. The Hall–Kier alpha value is -2.27. The fraction of sp³-hybridized carbons (Fsp3) is 0.545. The normalized spacial score (nSPS) is 16.9. The zero-order chi connectivity index (χ0) is 24.5. The first-order chi connectivity index (χ1) is 14.9. The zero-order valence-electron chi connectivity index (χ0n) is 19.0. The van der Waals surface area contributed by atoms with Crippen molar-refractivity contribution < 1.29 is 28.3 Å². The van der Waals surface area contributed by atoms with Gasteiger partial charge in [-0.2, -0.15) is 0 Å². The van der Waals surface area contributed by atoms with Gasteiger partial charge in [0.05, 0.1) is 11.8 Å². The Bertz CT molecular complexity index is 888. The number of aliphatic hydroxyl groups is 1. The molecule has 0 saturated heterocycles. The molecule has 9 nitrogen and oxygen atoms in total. The predicted octanol–water partition coefficient (Wildman–Crippen LogP) is 1.28. The summed E-state index contributed by atoms with van der Waals surface area (Å²) in [5.41, 5.74) is 4.25. The van der Waals surface area contributed by atoms with Gasteiger partial charge in [-0.25, -0.2) is 19.7 Å². The van der Waals surface area contributed by atoms with E-state index in [9.17, 15) is 28.3 Å². The molecule has 10 heteroatoms. The Kier molecular flexibility index (Phi) is 10.5. The minimum absolute atomic E-state index is 0.0862. The predicted molar refractivity (Wildman–Crippen MR) is 123 cm³/mol. The first-order valence-electron chi connectivity index (χ1n) is 10.4. The molecule has 0 aliphatic carbocycles. The molecule has 2 amide bonds. The van der Waals surface area contributed by atoms with Gasteiger partial charge in [0.15, 0.2) is 9.84 Å².